The number of hydrogen-bond acceptors (Lipinski definition) is 4. The summed E-state index contributed by atoms with van der Waals surface area (Å²) < 4.78 is 16.2. The first-order valence-electron chi connectivity index (χ1n) is 6.62. The van der Waals surface area contributed by atoms with Crippen LogP contribution in [0.5, 0.6) is 0 Å². The summed E-state index contributed by atoms with van der Waals surface area (Å²) in [6.45, 7) is 3.08. The maximum absolute atomic E-state index is 12.1. The third-order valence-corrected chi connectivity index (χ3v) is 3.94. The Hall–Kier alpha value is -1.15. The van der Waals surface area contributed by atoms with Crippen molar-refractivity contribution in [2.45, 2.75) is 19.4 Å². The van der Waals surface area contributed by atoms with Crippen LogP contribution in [0, 0.1) is 5.92 Å². The summed E-state index contributed by atoms with van der Waals surface area (Å²) >= 11 is 0. The number of carboxylic acid groups (broad SMARTS) is 1. The van der Waals surface area contributed by atoms with Crippen molar-refractivity contribution in [3.63, 3.8) is 0 Å². The fourth-order valence-electron chi connectivity index (χ4n) is 2.15. The lowest BCUT2D eigenvalue weighted by Gasteiger charge is -2.30. The van der Waals surface area contributed by atoms with Gasteiger partial charge in [-0.25, -0.2) is 4.79 Å². The van der Waals surface area contributed by atoms with Gasteiger partial charge in [0.15, 0.2) is 0 Å². The predicted octanol–water partition coefficient (Wildman–Crippen LogP) is -0.114. The highest BCUT2D eigenvalue weighted by molar-refractivity contribution is 7.84. The minimum absolute atomic E-state index is 0.131. The average Bonchev–Trinajstić information content (AvgIpc) is 2.84. The highest BCUT2D eigenvalue weighted by atomic mass is 32.2. The first-order valence-corrected chi connectivity index (χ1v) is 8.35. The maximum Gasteiger partial charge on any atom is 0.317 e. The first kappa shape index (κ1) is 16.9. The lowest BCUT2D eigenvalue weighted by atomic mass is 10.0. The molecule has 1 fully saturated rings. The molecule has 0 bridgehead atoms. The summed E-state index contributed by atoms with van der Waals surface area (Å²) in [4.78, 5) is 24.8. The normalized spacial score (nSPS) is 23.3. The summed E-state index contributed by atoms with van der Waals surface area (Å²) in [5, 5.41) is 11.8. The summed E-state index contributed by atoms with van der Waals surface area (Å²) in [6, 6.07) is -0.765. The second-order valence-corrected chi connectivity index (χ2v) is 6.31. The van der Waals surface area contributed by atoms with Crippen molar-refractivity contribution < 1.29 is 23.6 Å². The van der Waals surface area contributed by atoms with E-state index in [9.17, 15) is 13.8 Å². The molecule has 1 heterocycles. The number of carboxylic acids is 1. The highest BCUT2D eigenvalue weighted by Gasteiger charge is 2.39. The summed E-state index contributed by atoms with van der Waals surface area (Å²) in [5.74, 6) is -1.25. The number of ether oxygens (including phenoxy) is 1. The van der Waals surface area contributed by atoms with Gasteiger partial charge in [-0.1, -0.05) is 6.92 Å². The Kier molecular flexibility index (Phi) is 6.94. The van der Waals surface area contributed by atoms with Crippen molar-refractivity contribution in [1.82, 2.24) is 10.2 Å². The first-order chi connectivity index (χ1) is 9.47. The second-order valence-electron chi connectivity index (χ2n) is 4.75. The van der Waals surface area contributed by atoms with Crippen molar-refractivity contribution in [2.75, 3.05) is 38.3 Å². The molecule has 2 amide bonds. The van der Waals surface area contributed by atoms with E-state index in [2.05, 4.69) is 5.32 Å². The SMILES string of the molecule is CCCN(C(=O)NCCS(C)=O)C1COCC1C(=O)O. The van der Waals surface area contributed by atoms with E-state index in [-0.39, 0.29) is 19.2 Å². The van der Waals surface area contributed by atoms with Gasteiger partial charge in [0.05, 0.1) is 19.3 Å². The molecule has 8 heteroatoms. The predicted molar refractivity (Wildman–Crippen MR) is 75.1 cm³/mol. The van der Waals surface area contributed by atoms with E-state index < -0.39 is 28.7 Å². The number of aliphatic carboxylic acids is 1. The molecule has 0 saturated carbocycles. The van der Waals surface area contributed by atoms with Crippen LogP contribution in [0.3, 0.4) is 0 Å². The molecule has 0 aromatic heterocycles. The molecule has 1 saturated heterocycles. The Morgan fingerprint density at radius 3 is 2.70 bits per heavy atom. The molecule has 116 valence electrons. The van der Waals surface area contributed by atoms with Crippen LogP contribution in [0.25, 0.3) is 0 Å². The summed E-state index contributed by atoms with van der Waals surface area (Å²) in [5.41, 5.74) is 0. The van der Waals surface area contributed by atoms with Crippen molar-refractivity contribution in [3.05, 3.63) is 0 Å². The van der Waals surface area contributed by atoms with Crippen LogP contribution in [0.15, 0.2) is 0 Å². The highest BCUT2D eigenvalue weighted by Crippen LogP contribution is 2.20. The average molecular weight is 306 g/mol. The Labute approximate surface area is 121 Å². The number of urea groups is 1. The van der Waals surface area contributed by atoms with Gasteiger partial charge in [0.1, 0.15) is 5.92 Å². The van der Waals surface area contributed by atoms with Gasteiger partial charge in [0.25, 0.3) is 0 Å². The molecule has 1 aliphatic heterocycles. The quantitative estimate of drug-likeness (QED) is 0.684. The fourth-order valence-corrected chi connectivity index (χ4v) is 2.54. The Morgan fingerprint density at radius 1 is 1.45 bits per heavy atom. The number of carbonyl (C=O) groups excluding carboxylic acids is 1. The fraction of sp³-hybridized carbons (Fsp3) is 0.833. The standard InChI is InChI=1S/C12H22N2O5S/c1-3-5-14(12(17)13-4-6-20(2)18)10-8-19-7-9(10)11(15)16/h9-10H,3-8H2,1-2H3,(H,13,17)(H,15,16). The number of nitrogens with zero attached hydrogens (tertiary/aromatic N) is 1. The molecule has 0 aromatic carbocycles. The molecule has 0 spiro atoms. The van der Waals surface area contributed by atoms with E-state index in [0.717, 1.165) is 6.42 Å². The topological polar surface area (TPSA) is 95.9 Å². The number of carbonyl (C=O) groups is 2. The van der Waals surface area contributed by atoms with Crippen LogP contribution in [0.2, 0.25) is 0 Å². The molecule has 0 radical (unpaired) electrons. The van der Waals surface area contributed by atoms with Crippen LogP contribution in [0.1, 0.15) is 13.3 Å². The molecule has 3 unspecified atom stereocenters. The van der Waals surface area contributed by atoms with E-state index in [1.54, 1.807) is 6.26 Å². The second kappa shape index (κ2) is 8.21. The molecule has 0 aromatic rings. The van der Waals surface area contributed by atoms with Gasteiger partial charge < -0.3 is 20.1 Å². The lowest BCUT2D eigenvalue weighted by molar-refractivity contribution is -0.142. The summed E-state index contributed by atoms with van der Waals surface area (Å²) in [6.07, 6.45) is 2.30. The molecule has 3 atom stereocenters. The molecular weight excluding hydrogens is 284 g/mol. The van der Waals surface area contributed by atoms with Crippen LogP contribution < -0.4 is 5.32 Å². The van der Waals surface area contributed by atoms with Crippen molar-refractivity contribution in [1.29, 1.82) is 0 Å². The van der Waals surface area contributed by atoms with Gasteiger partial charge in [-0.15, -0.1) is 0 Å². The van der Waals surface area contributed by atoms with Crippen LogP contribution in [0.4, 0.5) is 4.79 Å². The summed E-state index contributed by atoms with van der Waals surface area (Å²) in [7, 11) is -0.967. The number of amides is 2. The van der Waals surface area contributed by atoms with Crippen molar-refractivity contribution >= 4 is 22.8 Å². The van der Waals surface area contributed by atoms with E-state index in [1.165, 1.54) is 4.90 Å². The van der Waals surface area contributed by atoms with Gasteiger partial charge in [-0.3, -0.25) is 9.00 Å². The van der Waals surface area contributed by atoms with Crippen molar-refractivity contribution in [3.8, 4) is 0 Å². The number of rotatable bonds is 7. The smallest absolute Gasteiger partial charge is 0.317 e. The minimum atomic E-state index is -0.967. The zero-order chi connectivity index (χ0) is 15.1. The monoisotopic (exact) mass is 306 g/mol. The van der Waals surface area contributed by atoms with Gasteiger partial charge in [-0.2, -0.15) is 0 Å². The molecule has 20 heavy (non-hydrogen) atoms. The largest absolute Gasteiger partial charge is 0.481 e. The molecule has 0 aliphatic carbocycles. The number of hydrogen-bond donors (Lipinski definition) is 2. The van der Waals surface area contributed by atoms with Crippen LogP contribution >= 0.6 is 0 Å². The van der Waals surface area contributed by atoms with Crippen LogP contribution in [-0.2, 0) is 20.3 Å². The number of nitrogens with one attached hydrogen (secondary N) is 1. The molecule has 1 aliphatic rings. The van der Waals surface area contributed by atoms with Gasteiger partial charge >= 0.3 is 12.0 Å². The molecule has 2 N–H and O–H groups in total. The van der Waals surface area contributed by atoms with Crippen LogP contribution in [-0.4, -0.2) is 70.6 Å². The zero-order valence-electron chi connectivity index (χ0n) is 11.8. The minimum Gasteiger partial charge on any atom is -0.481 e. The van der Waals surface area contributed by atoms with E-state index in [1.807, 2.05) is 6.92 Å². The maximum atomic E-state index is 12.1. The lowest BCUT2D eigenvalue weighted by Crippen LogP contribution is -2.51. The van der Waals surface area contributed by atoms with E-state index in [4.69, 9.17) is 9.84 Å². The molecular formula is C12H22N2O5S. The Balaban J connectivity index is 2.64. The molecule has 1 rings (SSSR count). The Morgan fingerprint density at radius 2 is 2.15 bits per heavy atom. The van der Waals surface area contributed by atoms with Gasteiger partial charge in [0.2, 0.25) is 0 Å². The Bertz CT molecular complexity index is 377. The van der Waals surface area contributed by atoms with Crippen molar-refractivity contribution in [2.24, 2.45) is 5.92 Å². The third-order valence-electron chi connectivity index (χ3n) is 3.16. The van der Waals surface area contributed by atoms with E-state index in [0.29, 0.717) is 18.8 Å². The molecule has 7 nitrogen and oxygen atoms in total. The van der Waals surface area contributed by atoms with E-state index >= 15 is 0 Å². The zero-order valence-corrected chi connectivity index (χ0v) is 12.6. The van der Waals surface area contributed by atoms with Gasteiger partial charge in [-0.05, 0) is 6.42 Å². The third kappa shape index (κ3) is 4.75. The van der Waals surface area contributed by atoms with Gasteiger partial charge in [0, 0.05) is 35.9 Å².